The summed E-state index contributed by atoms with van der Waals surface area (Å²) in [6.07, 6.45) is 3.75. The highest BCUT2D eigenvalue weighted by Gasteiger charge is 2.39. The molecule has 0 aliphatic carbocycles. The third-order valence-corrected chi connectivity index (χ3v) is 5.83. The molecule has 2 aromatic heterocycles. The Balaban J connectivity index is 1.26. The van der Waals surface area contributed by atoms with E-state index >= 15 is 0 Å². The molecule has 2 aliphatic heterocycles. The van der Waals surface area contributed by atoms with Crippen LogP contribution in [0.2, 0.25) is 0 Å². The second-order valence-corrected chi connectivity index (χ2v) is 8.17. The van der Waals surface area contributed by atoms with Gasteiger partial charge in [0.05, 0.1) is 42.8 Å². The number of hydrogen-bond acceptors (Lipinski definition) is 6. The average molecular weight is 481 g/mol. The van der Waals surface area contributed by atoms with E-state index in [4.69, 9.17) is 4.74 Å². The number of amides is 2. The fourth-order valence-corrected chi connectivity index (χ4v) is 4.10. The van der Waals surface area contributed by atoms with Crippen molar-refractivity contribution in [2.75, 3.05) is 13.1 Å². The van der Waals surface area contributed by atoms with Gasteiger partial charge in [-0.15, -0.1) is 0 Å². The number of likely N-dealkylation sites (tertiary alicyclic amines) is 1. The molecular formula is C23H18F3N7O2. The summed E-state index contributed by atoms with van der Waals surface area (Å²) in [7, 11) is 1.64. The average Bonchev–Trinajstić information content (AvgIpc) is 3.43. The summed E-state index contributed by atoms with van der Waals surface area (Å²) in [4.78, 5) is 18.4. The first-order chi connectivity index (χ1) is 16.8. The second kappa shape index (κ2) is 8.75. The molecule has 1 unspecified atom stereocenters. The van der Waals surface area contributed by atoms with Crippen LogP contribution >= 0.6 is 0 Å². The van der Waals surface area contributed by atoms with Gasteiger partial charge in [0.25, 0.3) is 0 Å². The number of benzene rings is 1. The molecule has 2 aliphatic rings. The van der Waals surface area contributed by atoms with Crippen LogP contribution in [0, 0.1) is 28.8 Å². The van der Waals surface area contributed by atoms with Crippen LogP contribution in [0.5, 0.6) is 5.75 Å². The molecule has 0 radical (unpaired) electrons. The molecule has 9 nitrogen and oxygen atoms in total. The lowest BCUT2D eigenvalue weighted by atomic mass is 10.0. The number of aromatic nitrogens is 3. The number of ether oxygens (including phenoxy) is 1. The first-order valence-electron chi connectivity index (χ1n) is 10.6. The summed E-state index contributed by atoms with van der Waals surface area (Å²) in [6.45, 7) is 0.336. The zero-order valence-electron chi connectivity index (χ0n) is 18.4. The summed E-state index contributed by atoms with van der Waals surface area (Å²) in [5, 5.41) is 18.6. The molecule has 178 valence electrons. The number of hydrazone groups is 1. The molecule has 1 saturated heterocycles. The lowest BCUT2D eigenvalue weighted by Crippen LogP contribution is -2.58. The predicted molar refractivity (Wildman–Crippen MR) is 117 cm³/mol. The molecular weight excluding hydrogens is 463 g/mol. The number of nitriles is 1. The van der Waals surface area contributed by atoms with E-state index in [9.17, 15) is 23.2 Å². The summed E-state index contributed by atoms with van der Waals surface area (Å²) >= 11 is 0. The van der Waals surface area contributed by atoms with Gasteiger partial charge in [0.1, 0.15) is 29.5 Å². The van der Waals surface area contributed by atoms with Crippen LogP contribution in [0.3, 0.4) is 0 Å². The Morgan fingerprint density at radius 1 is 1.14 bits per heavy atom. The SMILES string of the molecule is Cn1ncc(C#N)c1-c1cc(OC2CN(C(=O)N3N=CCC3c3cc(F)cc(F)c3)C2)c(F)cn1. The van der Waals surface area contributed by atoms with Gasteiger partial charge in [0.15, 0.2) is 11.6 Å². The Labute approximate surface area is 197 Å². The molecule has 0 N–H and O–H groups in total. The lowest BCUT2D eigenvalue weighted by molar-refractivity contribution is 0.0256. The van der Waals surface area contributed by atoms with Gasteiger partial charge in [-0.1, -0.05) is 0 Å². The molecule has 1 aromatic carbocycles. The number of halogens is 3. The van der Waals surface area contributed by atoms with E-state index in [1.165, 1.54) is 45.2 Å². The minimum Gasteiger partial charge on any atom is -0.483 e. The summed E-state index contributed by atoms with van der Waals surface area (Å²) in [5.74, 6) is -2.21. The Bertz CT molecular complexity index is 1360. The van der Waals surface area contributed by atoms with Crippen molar-refractivity contribution >= 4 is 12.2 Å². The topological polar surface area (TPSA) is 99.6 Å². The molecule has 0 bridgehead atoms. The van der Waals surface area contributed by atoms with Crippen LogP contribution in [-0.2, 0) is 7.05 Å². The summed E-state index contributed by atoms with van der Waals surface area (Å²) in [5.41, 5.74) is 1.34. The number of aryl methyl sites for hydroxylation is 1. The highest BCUT2D eigenvalue weighted by molar-refractivity contribution is 5.79. The van der Waals surface area contributed by atoms with Crippen molar-refractivity contribution in [1.82, 2.24) is 24.7 Å². The van der Waals surface area contributed by atoms with Crippen LogP contribution in [0.15, 0.2) is 41.8 Å². The normalized spacial score (nSPS) is 17.4. The van der Waals surface area contributed by atoms with Gasteiger partial charge in [-0.2, -0.15) is 15.5 Å². The Morgan fingerprint density at radius 2 is 1.89 bits per heavy atom. The first kappa shape index (κ1) is 22.4. The van der Waals surface area contributed by atoms with Crippen molar-refractivity contribution in [1.29, 1.82) is 5.26 Å². The van der Waals surface area contributed by atoms with Crippen molar-refractivity contribution in [2.45, 2.75) is 18.6 Å². The Kier molecular flexibility index (Phi) is 5.60. The van der Waals surface area contributed by atoms with Crippen LogP contribution in [0.4, 0.5) is 18.0 Å². The maximum atomic E-state index is 14.4. The lowest BCUT2D eigenvalue weighted by Gasteiger charge is -2.41. The fraction of sp³-hybridized carbons (Fsp3) is 0.261. The van der Waals surface area contributed by atoms with Crippen LogP contribution in [-0.4, -0.2) is 56.1 Å². The molecule has 12 heteroatoms. The molecule has 1 atom stereocenters. The molecule has 2 amide bonds. The van der Waals surface area contributed by atoms with Gasteiger partial charge >= 0.3 is 6.03 Å². The number of urea groups is 1. The predicted octanol–water partition coefficient (Wildman–Crippen LogP) is 3.39. The molecule has 5 rings (SSSR count). The van der Waals surface area contributed by atoms with Gasteiger partial charge < -0.3 is 9.64 Å². The van der Waals surface area contributed by atoms with Gasteiger partial charge in [-0.05, 0) is 17.7 Å². The minimum absolute atomic E-state index is 0.0653. The molecule has 35 heavy (non-hydrogen) atoms. The van der Waals surface area contributed by atoms with Gasteiger partial charge in [0, 0.05) is 31.8 Å². The maximum absolute atomic E-state index is 14.4. The van der Waals surface area contributed by atoms with Crippen molar-refractivity contribution in [3.63, 3.8) is 0 Å². The van der Waals surface area contributed by atoms with Gasteiger partial charge in [-0.3, -0.25) is 9.67 Å². The summed E-state index contributed by atoms with van der Waals surface area (Å²) < 4.78 is 48.9. The first-order valence-corrected chi connectivity index (χ1v) is 10.6. The third kappa shape index (κ3) is 4.16. The monoisotopic (exact) mass is 481 g/mol. The molecule has 0 spiro atoms. The number of rotatable bonds is 4. The van der Waals surface area contributed by atoms with E-state index in [0.29, 0.717) is 23.4 Å². The number of carbonyl (C=O) groups is 1. The van der Waals surface area contributed by atoms with E-state index in [2.05, 4.69) is 15.2 Å². The van der Waals surface area contributed by atoms with Crippen molar-refractivity contribution in [3.8, 4) is 23.2 Å². The zero-order chi connectivity index (χ0) is 24.7. The van der Waals surface area contributed by atoms with Gasteiger partial charge in [-0.25, -0.2) is 23.0 Å². The highest BCUT2D eigenvalue weighted by Crippen LogP contribution is 2.32. The minimum atomic E-state index is -0.733. The Morgan fingerprint density at radius 3 is 2.60 bits per heavy atom. The van der Waals surface area contributed by atoms with Crippen LogP contribution in [0.25, 0.3) is 11.4 Å². The van der Waals surface area contributed by atoms with Crippen molar-refractivity contribution in [2.24, 2.45) is 12.1 Å². The van der Waals surface area contributed by atoms with E-state index in [1.54, 1.807) is 7.05 Å². The number of pyridine rings is 1. The van der Waals surface area contributed by atoms with E-state index in [-0.39, 0.29) is 24.4 Å². The van der Waals surface area contributed by atoms with Crippen LogP contribution < -0.4 is 4.74 Å². The maximum Gasteiger partial charge on any atom is 0.341 e. The highest BCUT2D eigenvalue weighted by atomic mass is 19.1. The smallest absolute Gasteiger partial charge is 0.341 e. The largest absolute Gasteiger partial charge is 0.483 e. The quantitative estimate of drug-likeness (QED) is 0.569. The fourth-order valence-electron chi connectivity index (χ4n) is 4.10. The van der Waals surface area contributed by atoms with Gasteiger partial charge in [0.2, 0.25) is 0 Å². The van der Waals surface area contributed by atoms with Crippen LogP contribution in [0.1, 0.15) is 23.6 Å². The second-order valence-electron chi connectivity index (χ2n) is 8.17. The van der Waals surface area contributed by atoms with E-state index in [1.807, 2.05) is 6.07 Å². The summed E-state index contributed by atoms with van der Waals surface area (Å²) in [6, 6.07) is 5.45. The van der Waals surface area contributed by atoms with Crippen molar-refractivity contribution < 1.29 is 22.7 Å². The Hall–Kier alpha value is -4.40. The standard InChI is InChI=1S/C23H18F3N7O2/c1-31-22(14(8-27)9-30-31)19-7-21(18(26)10-28-19)35-17-11-32(12-17)23(34)33-20(2-3-29-33)13-4-15(24)6-16(25)5-13/h3-7,9-10,17,20H,2,11-12H2,1H3. The zero-order valence-corrected chi connectivity index (χ0v) is 18.4. The molecule has 0 saturated carbocycles. The molecule has 3 aromatic rings. The van der Waals surface area contributed by atoms with E-state index in [0.717, 1.165) is 12.3 Å². The number of carbonyl (C=O) groups excluding carboxylic acids is 1. The molecule has 1 fully saturated rings. The number of nitrogens with zero attached hydrogens (tertiary/aromatic N) is 7. The number of hydrogen-bond donors (Lipinski definition) is 0. The van der Waals surface area contributed by atoms with Crippen molar-refractivity contribution in [3.05, 3.63) is 65.2 Å². The molecule has 4 heterocycles. The third-order valence-electron chi connectivity index (χ3n) is 5.83. The van der Waals surface area contributed by atoms with E-state index < -0.39 is 35.6 Å².